The lowest BCUT2D eigenvalue weighted by atomic mass is 9.83. The third-order valence-electron chi connectivity index (χ3n) is 6.69. The van der Waals surface area contributed by atoms with E-state index in [9.17, 15) is 4.79 Å². The molecule has 36 heavy (non-hydrogen) atoms. The number of methoxy groups -OCH3 is 1. The number of benzene rings is 3. The third-order valence-corrected chi connectivity index (χ3v) is 6.69. The average molecular weight is 486 g/mol. The van der Waals surface area contributed by atoms with Crippen LogP contribution >= 0.6 is 0 Å². The van der Waals surface area contributed by atoms with Crippen molar-refractivity contribution in [2.45, 2.75) is 50.5 Å². The molecule has 0 bridgehead atoms. The molecule has 0 aromatic heterocycles. The van der Waals surface area contributed by atoms with E-state index in [0.29, 0.717) is 26.2 Å². The Balaban J connectivity index is 1.46. The maximum atomic E-state index is 13.1. The summed E-state index contributed by atoms with van der Waals surface area (Å²) in [6.07, 6.45) is 0.716. The summed E-state index contributed by atoms with van der Waals surface area (Å²) in [7, 11) is 1.62. The predicted octanol–water partition coefficient (Wildman–Crippen LogP) is 5.48. The van der Waals surface area contributed by atoms with Gasteiger partial charge >= 0.3 is 6.09 Å². The first kappa shape index (κ1) is 24.1. The number of carbonyl (C=O) groups is 1. The largest absolute Gasteiger partial charge is 0.504 e. The third kappa shape index (κ3) is 5.45. The van der Waals surface area contributed by atoms with Crippen LogP contribution in [-0.2, 0) is 38.7 Å². The minimum absolute atomic E-state index is 0.295. The van der Waals surface area contributed by atoms with Crippen molar-refractivity contribution in [1.29, 1.82) is 0 Å². The van der Waals surface area contributed by atoms with Crippen LogP contribution in [-0.4, -0.2) is 42.5 Å². The van der Waals surface area contributed by atoms with Crippen LogP contribution in [0.2, 0.25) is 0 Å². The van der Waals surface area contributed by atoms with Gasteiger partial charge in [0.05, 0.1) is 26.6 Å². The van der Waals surface area contributed by atoms with Gasteiger partial charge in [-0.1, -0.05) is 91.0 Å². The van der Waals surface area contributed by atoms with Crippen molar-refractivity contribution in [1.82, 2.24) is 4.90 Å². The first-order valence-corrected chi connectivity index (χ1v) is 12.3. The molecule has 2 aliphatic rings. The molecule has 0 radical (unpaired) electrons. The molecule has 1 aliphatic heterocycles. The summed E-state index contributed by atoms with van der Waals surface area (Å²) in [6.45, 7) is 1.26. The molecule has 1 saturated carbocycles. The summed E-state index contributed by atoms with van der Waals surface area (Å²) in [6, 6.07) is 29.7. The minimum atomic E-state index is -0.441. The molecule has 1 heterocycles. The molecule has 5 rings (SSSR count). The van der Waals surface area contributed by atoms with Gasteiger partial charge in [0.1, 0.15) is 24.4 Å². The highest BCUT2D eigenvalue weighted by Gasteiger charge is 2.54. The van der Waals surface area contributed by atoms with Crippen LogP contribution in [0.3, 0.4) is 0 Å². The number of rotatable bonds is 9. The van der Waals surface area contributed by atoms with E-state index in [1.165, 1.54) is 0 Å². The van der Waals surface area contributed by atoms with Crippen LogP contribution in [0, 0.1) is 0 Å². The highest BCUT2D eigenvalue weighted by Crippen LogP contribution is 2.39. The van der Waals surface area contributed by atoms with E-state index in [-0.39, 0.29) is 18.2 Å². The van der Waals surface area contributed by atoms with Gasteiger partial charge in [-0.15, -0.1) is 0 Å². The maximum absolute atomic E-state index is 13.1. The van der Waals surface area contributed by atoms with Gasteiger partial charge in [0.2, 0.25) is 0 Å². The summed E-state index contributed by atoms with van der Waals surface area (Å²) < 4.78 is 24.4. The number of fused-ring (bicyclic) bond motifs is 1. The highest BCUT2D eigenvalue weighted by atomic mass is 16.6. The van der Waals surface area contributed by atoms with E-state index in [1.807, 2.05) is 91.0 Å². The second kappa shape index (κ2) is 11.4. The molecule has 3 aromatic rings. The number of hydrogen-bond donors (Lipinski definition) is 0. The minimum Gasteiger partial charge on any atom is -0.504 e. The van der Waals surface area contributed by atoms with Crippen LogP contribution in [0.15, 0.2) is 103 Å². The molecule has 0 unspecified atom stereocenters. The van der Waals surface area contributed by atoms with Crippen molar-refractivity contribution in [2.24, 2.45) is 0 Å². The maximum Gasteiger partial charge on any atom is 0.410 e. The molecular weight excluding hydrogens is 454 g/mol. The SMILES string of the molecule is CO/C=C1\C[C@@H]2OC(=O)N(Cc3ccccc3)[C@@H]2[C@@H](OCc2ccccc2)[C@@H]1OCc1ccccc1. The fourth-order valence-corrected chi connectivity index (χ4v) is 5.01. The molecular formula is C30H31NO5. The quantitative estimate of drug-likeness (QED) is 0.376. The summed E-state index contributed by atoms with van der Waals surface area (Å²) in [4.78, 5) is 14.9. The zero-order valence-electron chi connectivity index (χ0n) is 20.4. The fraction of sp³-hybridized carbons (Fsp3) is 0.300. The Bertz CT molecular complexity index is 1150. The van der Waals surface area contributed by atoms with Crippen molar-refractivity contribution in [3.63, 3.8) is 0 Å². The summed E-state index contributed by atoms with van der Waals surface area (Å²) in [5.74, 6) is 0. The molecule has 1 amide bonds. The van der Waals surface area contributed by atoms with Gasteiger partial charge in [-0.25, -0.2) is 4.79 Å². The molecule has 2 fully saturated rings. The summed E-state index contributed by atoms with van der Waals surface area (Å²) >= 11 is 0. The molecule has 0 N–H and O–H groups in total. The Morgan fingerprint density at radius 3 is 1.97 bits per heavy atom. The Morgan fingerprint density at radius 2 is 1.39 bits per heavy atom. The van der Waals surface area contributed by atoms with E-state index in [0.717, 1.165) is 22.3 Å². The van der Waals surface area contributed by atoms with E-state index >= 15 is 0 Å². The monoisotopic (exact) mass is 485 g/mol. The Hall–Kier alpha value is -3.61. The summed E-state index contributed by atoms with van der Waals surface area (Å²) in [5.41, 5.74) is 4.08. The number of nitrogens with zero attached hydrogens (tertiary/aromatic N) is 1. The second-order valence-corrected chi connectivity index (χ2v) is 9.14. The zero-order valence-corrected chi connectivity index (χ0v) is 20.4. The van der Waals surface area contributed by atoms with Crippen molar-refractivity contribution in [3.05, 3.63) is 120 Å². The molecule has 3 aromatic carbocycles. The summed E-state index contributed by atoms with van der Waals surface area (Å²) in [5, 5.41) is 0. The van der Waals surface area contributed by atoms with Gasteiger partial charge in [-0.3, -0.25) is 4.90 Å². The lowest BCUT2D eigenvalue weighted by Gasteiger charge is -2.41. The van der Waals surface area contributed by atoms with Crippen LogP contribution in [0.5, 0.6) is 0 Å². The van der Waals surface area contributed by atoms with E-state index in [1.54, 1.807) is 18.3 Å². The molecule has 0 spiro atoms. The van der Waals surface area contributed by atoms with Gasteiger partial charge in [0.15, 0.2) is 0 Å². The van der Waals surface area contributed by atoms with Crippen molar-refractivity contribution in [3.8, 4) is 0 Å². The predicted molar refractivity (Wildman–Crippen MR) is 136 cm³/mol. The Kier molecular flexibility index (Phi) is 7.64. The normalized spacial score (nSPS) is 24.4. The van der Waals surface area contributed by atoms with Crippen LogP contribution in [0.25, 0.3) is 0 Å². The number of amides is 1. The number of ether oxygens (including phenoxy) is 4. The van der Waals surface area contributed by atoms with Crippen molar-refractivity contribution >= 4 is 6.09 Å². The molecule has 6 nitrogen and oxygen atoms in total. The highest BCUT2D eigenvalue weighted by molar-refractivity contribution is 5.71. The van der Waals surface area contributed by atoms with E-state index in [4.69, 9.17) is 18.9 Å². The number of hydrogen-bond acceptors (Lipinski definition) is 5. The van der Waals surface area contributed by atoms with E-state index < -0.39 is 12.2 Å². The van der Waals surface area contributed by atoms with Gasteiger partial charge in [-0.05, 0) is 22.3 Å². The molecule has 1 saturated heterocycles. The topological polar surface area (TPSA) is 57.2 Å². The van der Waals surface area contributed by atoms with Crippen LogP contribution in [0.1, 0.15) is 23.1 Å². The van der Waals surface area contributed by atoms with Gasteiger partial charge in [-0.2, -0.15) is 0 Å². The van der Waals surface area contributed by atoms with Crippen molar-refractivity contribution in [2.75, 3.05) is 7.11 Å². The smallest absolute Gasteiger partial charge is 0.410 e. The molecule has 186 valence electrons. The Labute approximate surface area is 212 Å². The van der Waals surface area contributed by atoms with Gasteiger partial charge in [0, 0.05) is 13.0 Å². The van der Waals surface area contributed by atoms with Crippen LogP contribution < -0.4 is 0 Å². The first-order chi connectivity index (χ1) is 17.7. The van der Waals surface area contributed by atoms with Crippen LogP contribution in [0.4, 0.5) is 4.79 Å². The van der Waals surface area contributed by atoms with Gasteiger partial charge in [0.25, 0.3) is 0 Å². The van der Waals surface area contributed by atoms with E-state index in [2.05, 4.69) is 0 Å². The fourth-order valence-electron chi connectivity index (χ4n) is 5.01. The molecule has 6 heteroatoms. The van der Waals surface area contributed by atoms with Gasteiger partial charge < -0.3 is 18.9 Å². The number of carbonyl (C=O) groups excluding carboxylic acids is 1. The lowest BCUT2D eigenvalue weighted by Crippen LogP contribution is -2.56. The molecule has 4 atom stereocenters. The lowest BCUT2D eigenvalue weighted by molar-refractivity contribution is -0.119. The second-order valence-electron chi connectivity index (χ2n) is 9.14. The average Bonchev–Trinajstić information content (AvgIpc) is 3.22. The van der Waals surface area contributed by atoms with Crippen molar-refractivity contribution < 1.29 is 23.7 Å². The first-order valence-electron chi connectivity index (χ1n) is 12.3. The molecule has 1 aliphatic carbocycles. The standard InChI is InChI=1S/C30H31NO5/c1-33-21-25-17-26-27(31(30(32)36-26)18-22-11-5-2-6-12-22)29(35-20-24-15-9-4-10-16-24)28(25)34-19-23-13-7-3-8-14-23/h2-16,21,26-29H,17-20H2,1H3/b25-21+/t26-,27-,28+,29+/m0/s1. The zero-order chi connectivity index (χ0) is 24.7. The Morgan fingerprint density at radius 1 is 0.833 bits per heavy atom.